The Morgan fingerprint density at radius 3 is 2.21 bits per heavy atom. The third-order valence-electron chi connectivity index (χ3n) is 4.41. The first-order valence-electron chi connectivity index (χ1n) is 9.13. The maximum absolute atomic E-state index is 13.4. The van der Waals surface area contributed by atoms with E-state index >= 15 is 0 Å². The number of hydrogen-bond donors (Lipinski definition) is 1. The monoisotopic (exact) mass is 412 g/mol. The van der Waals surface area contributed by atoms with Crippen LogP contribution in [0.4, 0.5) is 15.8 Å². The van der Waals surface area contributed by atoms with Gasteiger partial charge < -0.3 is 5.32 Å². The van der Waals surface area contributed by atoms with Crippen LogP contribution in [-0.2, 0) is 21.2 Å². The van der Waals surface area contributed by atoms with Crippen molar-refractivity contribution in [3.8, 4) is 0 Å². The van der Waals surface area contributed by atoms with Crippen LogP contribution in [0.3, 0.4) is 0 Å². The number of rotatable bonds is 7. The highest BCUT2D eigenvalue weighted by Crippen LogP contribution is 2.24. The fourth-order valence-electron chi connectivity index (χ4n) is 2.91. The van der Waals surface area contributed by atoms with Crippen LogP contribution < -0.4 is 9.62 Å². The van der Waals surface area contributed by atoms with Gasteiger partial charge in [0.1, 0.15) is 12.4 Å². The van der Waals surface area contributed by atoms with E-state index in [0.717, 1.165) is 28.4 Å². The molecule has 0 heterocycles. The quantitative estimate of drug-likeness (QED) is 0.632. The Morgan fingerprint density at radius 1 is 0.931 bits per heavy atom. The summed E-state index contributed by atoms with van der Waals surface area (Å²) in [6.45, 7) is 1.52. The molecule has 0 aliphatic rings. The first-order valence-corrected chi connectivity index (χ1v) is 10.6. The molecule has 1 amide bonds. The number of carbonyl (C=O) groups excluding carboxylic acids is 1. The Bertz CT molecular complexity index is 1080. The summed E-state index contributed by atoms with van der Waals surface area (Å²) < 4.78 is 40.7. The van der Waals surface area contributed by atoms with Crippen molar-refractivity contribution in [3.63, 3.8) is 0 Å². The van der Waals surface area contributed by atoms with Gasteiger partial charge in [-0.15, -0.1) is 0 Å². The summed E-state index contributed by atoms with van der Waals surface area (Å²) in [5.41, 5.74) is 1.78. The van der Waals surface area contributed by atoms with Gasteiger partial charge in [-0.3, -0.25) is 9.10 Å². The summed E-state index contributed by atoms with van der Waals surface area (Å²) in [5, 5.41) is 2.78. The molecule has 29 heavy (non-hydrogen) atoms. The number of para-hydroxylation sites is 1. The van der Waals surface area contributed by atoms with Gasteiger partial charge in [0, 0.05) is 5.69 Å². The minimum atomic E-state index is -4.02. The number of sulfonamides is 1. The van der Waals surface area contributed by atoms with Crippen molar-refractivity contribution >= 4 is 27.3 Å². The predicted molar refractivity (Wildman–Crippen MR) is 112 cm³/mol. The third kappa shape index (κ3) is 4.81. The van der Waals surface area contributed by atoms with Crippen molar-refractivity contribution < 1.29 is 17.6 Å². The Hall–Kier alpha value is -3.19. The first-order chi connectivity index (χ1) is 13.9. The van der Waals surface area contributed by atoms with Crippen LogP contribution >= 0.6 is 0 Å². The standard InChI is InChI=1S/C22H21FN2O3S/c1-2-17-8-6-7-11-21(17)24-22(26)16-25(19-14-12-18(23)13-15-19)29(27,28)20-9-4-3-5-10-20/h3-15H,2,16H2,1H3,(H,24,26). The molecule has 0 aromatic heterocycles. The number of aryl methyl sites for hydroxylation is 1. The van der Waals surface area contributed by atoms with E-state index in [2.05, 4.69) is 5.32 Å². The fraction of sp³-hybridized carbons (Fsp3) is 0.136. The molecule has 0 saturated heterocycles. The van der Waals surface area contributed by atoms with Gasteiger partial charge >= 0.3 is 0 Å². The van der Waals surface area contributed by atoms with Crippen LogP contribution in [-0.4, -0.2) is 20.9 Å². The third-order valence-corrected chi connectivity index (χ3v) is 6.19. The largest absolute Gasteiger partial charge is 0.324 e. The zero-order valence-corrected chi connectivity index (χ0v) is 16.7. The summed E-state index contributed by atoms with van der Waals surface area (Å²) in [5.74, 6) is -0.984. The zero-order valence-electron chi connectivity index (χ0n) is 15.9. The molecule has 5 nitrogen and oxygen atoms in total. The lowest BCUT2D eigenvalue weighted by atomic mass is 10.1. The molecular weight excluding hydrogens is 391 g/mol. The van der Waals surface area contributed by atoms with Gasteiger partial charge in [0.2, 0.25) is 5.91 Å². The summed E-state index contributed by atoms with van der Waals surface area (Å²) in [7, 11) is -4.02. The summed E-state index contributed by atoms with van der Waals surface area (Å²) in [4.78, 5) is 12.8. The smallest absolute Gasteiger partial charge is 0.264 e. The topological polar surface area (TPSA) is 66.5 Å². The van der Waals surface area contributed by atoms with Crippen LogP contribution in [0, 0.1) is 5.82 Å². The van der Waals surface area contributed by atoms with Gasteiger partial charge in [0.05, 0.1) is 10.6 Å². The molecule has 0 aliphatic heterocycles. The first kappa shape index (κ1) is 20.5. The zero-order chi connectivity index (χ0) is 20.9. The number of halogens is 1. The van der Waals surface area contributed by atoms with E-state index in [1.165, 1.54) is 24.3 Å². The van der Waals surface area contributed by atoms with Crippen molar-refractivity contribution in [2.75, 3.05) is 16.2 Å². The van der Waals surface area contributed by atoms with E-state index < -0.39 is 28.3 Å². The summed E-state index contributed by atoms with van der Waals surface area (Å²) in [6.07, 6.45) is 0.723. The van der Waals surface area contributed by atoms with Crippen molar-refractivity contribution in [2.45, 2.75) is 18.2 Å². The molecule has 1 N–H and O–H groups in total. The molecular formula is C22H21FN2O3S. The maximum atomic E-state index is 13.4. The number of benzene rings is 3. The summed E-state index contributed by atoms with van der Waals surface area (Å²) >= 11 is 0. The van der Waals surface area contributed by atoms with E-state index in [1.807, 2.05) is 19.1 Å². The minimum absolute atomic E-state index is 0.0473. The van der Waals surface area contributed by atoms with Crippen LogP contribution in [0.1, 0.15) is 12.5 Å². The van der Waals surface area contributed by atoms with Gasteiger partial charge in [0.15, 0.2) is 0 Å². The SMILES string of the molecule is CCc1ccccc1NC(=O)CN(c1ccc(F)cc1)S(=O)(=O)c1ccccc1. The second kappa shape index (κ2) is 8.87. The van der Waals surface area contributed by atoms with Crippen LogP contribution in [0.25, 0.3) is 0 Å². The normalized spacial score (nSPS) is 11.1. The highest BCUT2D eigenvalue weighted by Gasteiger charge is 2.27. The average Bonchev–Trinajstić information content (AvgIpc) is 2.74. The van der Waals surface area contributed by atoms with Crippen LogP contribution in [0.15, 0.2) is 83.8 Å². The van der Waals surface area contributed by atoms with Crippen molar-refractivity contribution in [3.05, 3.63) is 90.2 Å². The van der Waals surface area contributed by atoms with Crippen LogP contribution in [0.5, 0.6) is 0 Å². The Labute approximate surface area is 169 Å². The molecule has 0 aliphatic carbocycles. The minimum Gasteiger partial charge on any atom is -0.324 e. The molecule has 150 valence electrons. The van der Waals surface area contributed by atoms with Crippen molar-refractivity contribution in [1.29, 1.82) is 0 Å². The van der Waals surface area contributed by atoms with E-state index in [-0.39, 0.29) is 10.6 Å². The van der Waals surface area contributed by atoms with Gasteiger partial charge in [-0.05, 0) is 54.4 Å². The Morgan fingerprint density at radius 2 is 1.55 bits per heavy atom. The maximum Gasteiger partial charge on any atom is 0.264 e. The molecule has 0 radical (unpaired) electrons. The van der Waals surface area contributed by atoms with Crippen LogP contribution in [0.2, 0.25) is 0 Å². The number of carbonyl (C=O) groups is 1. The highest BCUT2D eigenvalue weighted by atomic mass is 32.2. The second-order valence-corrected chi connectivity index (χ2v) is 8.22. The van der Waals surface area contributed by atoms with Gasteiger partial charge in [0.25, 0.3) is 10.0 Å². The molecule has 0 fully saturated rings. The number of anilines is 2. The molecule has 0 spiro atoms. The number of nitrogens with zero attached hydrogens (tertiary/aromatic N) is 1. The molecule has 3 aromatic carbocycles. The molecule has 0 atom stereocenters. The fourth-order valence-corrected chi connectivity index (χ4v) is 4.35. The summed E-state index contributed by atoms with van der Waals surface area (Å²) in [6, 6.07) is 20.2. The van der Waals surface area contributed by atoms with Crippen molar-refractivity contribution in [2.24, 2.45) is 0 Å². The Balaban J connectivity index is 1.93. The second-order valence-electron chi connectivity index (χ2n) is 6.36. The number of nitrogens with one attached hydrogen (secondary N) is 1. The van der Waals surface area contributed by atoms with Gasteiger partial charge in [-0.25, -0.2) is 12.8 Å². The van der Waals surface area contributed by atoms with E-state index in [4.69, 9.17) is 0 Å². The highest BCUT2D eigenvalue weighted by molar-refractivity contribution is 7.92. The molecule has 7 heteroatoms. The molecule has 0 bridgehead atoms. The molecule has 3 aromatic rings. The van der Waals surface area contributed by atoms with E-state index in [0.29, 0.717) is 5.69 Å². The lowest BCUT2D eigenvalue weighted by Crippen LogP contribution is -2.38. The number of amides is 1. The Kier molecular flexibility index (Phi) is 6.29. The van der Waals surface area contributed by atoms with E-state index in [9.17, 15) is 17.6 Å². The lowest BCUT2D eigenvalue weighted by Gasteiger charge is -2.24. The average molecular weight is 412 g/mol. The molecule has 0 unspecified atom stereocenters. The predicted octanol–water partition coefficient (Wildman–Crippen LogP) is 4.22. The van der Waals surface area contributed by atoms with E-state index in [1.54, 1.807) is 30.3 Å². The van der Waals surface area contributed by atoms with Crippen molar-refractivity contribution in [1.82, 2.24) is 0 Å². The molecule has 0 saturated carbocycles. The number of hydrogen-bond acceptors (Lipinski definition) is 3. The molecule has 3 rings (SSSR count). The van der Waals surface area contributed by atoms with Gasteiger partial charge in [-0.1, -0.05) is 43.3 Å². The van der Waals surface area contributed by atoms with Gasteiger partial charge in [-0.2, -0.15) is 0 Å². The lowest BCUT2D eigenvalue weighted by molar-refractivity contribution is -0.114.